The number of rotatable bonds is 2. The Kier molecular flexibility index (Phi) is 8.11. The highest BCUT2D eigenvalue weighted by molar-refractivity contribution is 5.85. The van der Waals surface area contributed by atoms with Crippen LogP contribution in [0.4, 0.5) is 8.78 Å². The van der Waals surface area contributed by atoms with E-state index in [1.54, 1.807) is 24.3 Å². The molecule has 3 N–H and O–H groups in total. The summed E-state index contributed by atoms with van der Waals surface area (Å²) in [4.78, 5) is 0. The van der Waals surface area contributed by atoms with Crippen LogP contribution in [0.2, 0.25) is 0 Å². The van der Waals surface area contributed by atoms with E-state index in [-0.39, 0.29) is 25.0 Å². The standard InChI is InChI=1S/C8H8F2.ClH.H3N/c9-8(10)6-7-4-2-1-3-5-7;;/h1-5,8H,6H2;1H;1H3. The molecule has 0 aromatic heterocycles. The Morgan fingerprint density at radius 1 is 1.08 bits per heavy atom. The van der Waals surface area contributed by atoms with E-state index in [0.717, 1.165) is 0 Å². The average Bonchev–Trinajstić information content (AvgIpc) is 1.88. The fourth-order valence-corrected chi connectivity index (χ4v) is 0.792. The van der Waals surface area contributed by atoms with Crippen LogP contribution in [0.1, 0.15) is 5.56 Å². The summed E-state index contributed by atoms with van der Waals surface area (Å²) in [5, 5.41) is 0. The molecule has 1 rings (SSSR count). The molecule has 0 saturated carbocycles. The third-order valence-corrected chi connectivity index (χ3v) is 1.23. The third-order valence-electron chi connectivity index (χ3n) is 1.23. The van der Waals surface area contributed by atoms with Crippen LogP contribution in [0.5, 0.6) is 0 Å². The van der Waals surface area contributed by atoms with Crippen molar-refractivity contribution in [2.45, 2.75) is 12.8 Å². The van der Waals surface area contributed by atoms with Gasteiger partial charge in [0.05, 0.1) is 0 Å². The molecule has 70 valence electrons. The Morgan fingerprint density at radius 2 is 1.58 bits per heavy atom. The molecule has 0 atom stereocenters. The number of benzene rings is 1. The van der Waals surface area contributed by atoms with Gasteiger partial charge in [0.2, 0.25) is 6.43 Å². The molecule has 12 heavy (non-hydrogen) atoms. The van der Waals surface area contributed by atoms with Gasteiger partial charge < -0.3 is 6.15 Å². The Morgan fingerprint density at radius 3 is 2.00 bits per heavy atom. The van der Waals surface area contributed by atoms with E-state index < -0.39 is 6.43 Å². The van der Waals surface area contributed by atoms with Gasteiger partial charge in [-0.1, -0.05) is 30.3 Å². The topological polar surface area (TPSA) is 35.0 Å². The van der Waals surface area contributed by atoms with Gasteiger partial charge in [-0.3, -0.25) is 0 Å². The summed E-state index contributed by atoms with van der Waals surface area (Å²) in [6.45, 7) is 0. The minimum absolute atomic E-state index is 0. The average molecular weight is 196 g/mol. The molecule has 0 aliphatic heterocycles. The quantitative estimate of drug-likeness (QED) is 0.774. The van der Waals surface area contributed by atoms with Crippen molar-refractivity contribution in [2.24, 2.45) is 0 Å². The zero-order valence-corrected chi connectivity index (χ0v) is 7.36. The maximum atomic E-state index is 11.7. The number of hydrogen-bond acceptors (Lipinski definition) is 1. The second-order valence-electron chi connectivity index (χ2n) is 2.08. The predicted octanol–water partition coefficient (Wildman–Crippen LogP) is 3.08. The molecule has 0 fully saturated rings. The lowest BCUT2D eigenvalue weighted by Gasteiger charge is -1.97. The van der Waals surface area contributed by atoms with Gasteiger partial charge in [-0.2, -0.15) is 0 Å². The third kappa shape index (κ3) is 5.04. The first-order valence-electron chi connectivity index (χ1n) is 3.11. The van der Waals surface area contributed by atoms with E-state index in [4.69, 9.17) is 0 Å². The largest absolute Gasteiger partial charge is 0.344 e. The van der Waals surface area contributed by atoms with Crippen molar-refractivity contribution in [3.63, 3.8) is 0 Å². The van der Waals surface area contributed by atoms with Crippen LogP contribution >= 0.6 is 12.4 Å². The second-order valence-corrected chi connectivity index (χ2v) is 2.08. The van der Waals surface area contributed by atoms with E-state index in [9.17, 15) is 8.78 Å². The maximum absolute atomic E-state index is 11.7. The molecule has 1 aromatic carbocycles. The van der Waals surface area contributed by atoms with Gasteiger partial charge in [0, 0.05) is 6.42 Å². The zero-order valence-electron chi connectivity index (χ0n) is 6.54. The van der Waals surface area contributed by atoms with Gasteiger partial charge in [-0.25, -0.2) is 8.78 Å². The molecule has 0 aliphatic rings. The first-order chi connectivity index (χ1) is 4.79. The van der Waals surface area contributed by atoms with Crippen LogP contribution in [0.25, 0.3) is 0 Å². The normalized spacial score (nSPS) is 8.58. The number of halogens is 3. The number of hydrogen-bond donors (Lipinski definition) is 1. The summed E-state index contributed by atoms with van der Waals surface area (Å²) in [5.41, 5.74) is 0.692. The van der Waals surface area contributed by atoms with E-state index in [1.807, 2.05) is 6.07 Å². The molecule has 1 nitrogen and oxygen atoms in total. The molecular formula is C8H12ClF2N. The van der Waals surface area contributed by atoms with Crippen molar-refractivity contribution < 1.29 is 8.78 Å². The van der Waals surface area contributed by atoms with Gasteiger partial charge >= 0.3 is 0 Å². The van der Waals surface area contributed by atoms with Crippen molar-refractivity contribution in [1.82, 2.24) is 6.15 Å². The van der Waals surface area contributed by atoms with Crippen LogP contribution in [-0.4, -0.2) is 6.43 Å². The molecule has 0 heterocycles. The minimum Gasteiger partial charge on any atom is -0.344 e. The Hall–Kier alpha value is -0.670. The van der Waals surface area contributed by atoms with Crippen molar-refractivity contribution >= 4 is 12.4 Å². The maximum Gasteiger partial charge on any atom is 0.242 e. The molecular weight excluding hydrogens is 184 g/mol. The highest BCUT2D eigenvalue weighted by Crippen LogP contribution is 2.05. The van der Waals surface area contributed by atoms with Crippen LogP contribution < -0.4 is 6.15 Å². The summed E-state index contributed by atoms with van der Waals surface area (Å²) in [6, 6.07) is 8.74. The predicted molar refractivity (Wildman–Crippen MR) is 48.4 cm³/mol. The fraction of sp³-hybridized carbons (Fsp3) is 0.250. The van der Waals surface area contributed by atoms with Crippen LogP contribution in [0.3, 0.4) is 0 Å². The lowest BCUT2D eigenvalue weighted by atomic mass is 10.2. The van der Waals surface area contributed by atoms with Crippen LogP contribution in [0.15, 0.2) is 30.3 Å². The first kappa shape index (κ1) is 13.9. The first-order valence-corrected chi connectivity index (χ1v) is 3.11. The highest BCUT2D eigenvalue weighted by atomic mass is 35.5. The SMILES string of the molecule is Cl.FC(F)Cc1ccccc1.N. The van der Waals surface area contributed by atoms with E-state index >= 15 is 0 Å². The summed E-state index contributed by atoms with van der Waals surface area (Å²) in [7, 11) is 0. The summed E-state index contributed by atoms with van der Waals surface area (Å²) in [5.74, 6) is 0. The van der Waals surface area contributed by atoms with Crippen molar-refractivity contribution in [3.05, 3.63) is 35.9 Å². The smallest absolute Gasteiger partial charge is 0.242 e. The molecule has 0 saturated heterocycles. The Balaban J connectivity index is 0. The molecule has 1 aromatic rings. The van der Waals surface area contributed by atoms with Gasteiger partial charge in [0.1, 0.15) is 0 Å². The lowest BCUT2D eigenvalue weighted by Crippen LogP contribution is -1.95. The van der Waals surface area contributed by atoms with Crippen LogP contribution in [-0.2, 0) is 6.42 Å². The second kappa shape index (κ2) is 7.00. The Bertz CT molecular complexity index is 192. The summed E-state index contributed by atoms with van der Waals surface area (Å²) < 4.78 is 23.4. The molecule has 0 radical (unpaired) electrons. The Labute approximate surface area is 76.8 Å². The highest BCUT2D eigenvalue weighted by Gasteiger charge is 2.01. The fourth-order valence-electron chi connectivity index (χ4n) is 0.792. The van der Waals surface area contributed by atoms with Crippen molar-refractivity contribution in [1.29, 1.82) is 0 Å². The summed E-state index contributed by atoms with van der Waals surface area (Å²) >= 11 is 0. The van der Waals surface area contributed by atoms with E-state index in [1.165, 1.54) is 0 Å². The van der Waals surface area contributed by atoms with E-state index in [0.29, 0.717) is 5.56 Å². The molecule has 0 amide bonds. The van der Waals surface area contributed by atoms with Gasteiger partial charge in [0.25, 0.3) is 0 Å². The molecule has 0 unspecified atom stereocenters. The van der Waals surface area contributed by atoms with Crippen molar-refractivity contribution in [3.8, 4) is 0 Å². The molecule has 0 bridgehead atoms. The summed E-state index contributed by atoms with van der Waals surface area (Å²) in [6.07, 6.45) is -2.37. The number of alkyl halides is 2. The van der Waals surface area contributed by atoms with Crippen molar-refractivity contribution in [2.75, 3.05) is 0 Å². The van der Waals surface area contributed by atoms with Gasteiger partial charge in [0.15, 0.2) is 0 Å². The van der Waals surface area contributed by atoms with Crippen LogP contribution in [0, 0.1) is 0 Å². The molecule has 0 aliphatic carbocycles. The minimum atomic E-state index is -2.23. The van der Waals surface area contributed by atoms with Gasteiger partial charge in [-0.15, -0.1) is 12.4 Å². The lowest BCUT2D eigenvalue weighted by molar-refractivity contribution is 0.149. The van der Waals surface area contributed by atoms with E-state index in [2.05, 4.69) is 0 Å². The zero-order chi connectivity index (χ0) is 7.40. The molecule has 0 spiro atoms. The monoisotopic (exact) mass is 195 g/mol. The molecule has 4 heteroatoms. The van der Waals surface area contributed by atoms with Gasteiger partial charge in [-0.05, 0) is 5.56 Å².